The maximum Gasteiger partial charge on any atom is -0.0127 e. The lowest BCUT2D eigenvalue weighted by Gasteiger charge is -1.85. The molecule has 0 aromatic heterocycles. The average Bonchev–Trinajstić information content (AvgIpc) is 1.41. The molecule has 0 saturated carbocycles. The molecule has 1 nitrogen and oxygen atoms in total. The molecule has 0 fully saturated rings. The fourth-order valence-electron chi connectivity index (χ4n) is 0.177. The summed E-state index contributed by atoms with van der Waals surface area (Å²) in [6.07, 6.45) is 1.26. The van der Waals surface area contributed by atoms with Gasteiger partial charge >= 0.3 is 0 Å². The van der Waals surface area contributed by atoms with Crippen LogP contribution in [-0.4, -0.2) is 13.2 Å². The van der Waals surface area contributed by atoms with Gasteiger partial charge in [-0.1, -0.05) is 15.7 Å². The normalized spacial score (nSPS) is 10.8. The highest BCUT2D eigenvalue weighted by molar-refractivity contribution is 7.35. The molecule has 0 aliphatic rings. The Labute approximate surface area is 35.0 Å². The van der Waals surface area contributed by atoms with Gasteiger partial charge in [-0.05, 0) is 13.2 Å². The maximum absolute atomic E-state index is 3.05. The van der Waals surface area contributed by atoms with E-state index < -0.39 is 0 Å². The summed E-state index contributed by atoms with van der Waals surface area (Å²) in [5.41, 5.74) is 0. The summed E-state index contributed by atoms with van der Waals surface area (Å²) in [7, 11) is 2.92. The first-order chi connectivity index (χ1) is 2.41. The van der Waals surface area contributed by atoms with Crippen molar-refractivity contribution < 1.29 is 0 Å². The van der Waals surface area contributed by atoms with E-state index in [2.05, 4.69) is 12.0 Å². The summed E-state index contributed by atoms with van der Waals surface area (Å²) in [6.45, 7) is 2.16. The lowest BCUT2D eigenvalue weighted by Crippen LogP contribution is -1.86. The van der Waals surface area contributed by atoms with Crippen molar-refractivity contribution in [2.45, 2.75) is 6.92 Å². The van der Waals surface area contributed by atoms with Crippen LogP contribution >= 0.6 is 8.73 Å². The number of hydrogen-bond donors (Lipinski definition) is 1. The molecular weight excluding hydrogens is 81.0 g/mol. The summed E-state index contributed by atoms with van der Waals surface area (Å²) in [4.78, 5) is 0. The third kappa shape index (κ3) is 4.39. The molecule has 0 spiro atoms. The van der Waals surface area contributed by atoms with Crippen molar-refractivity contribution in [1.82, 2.24) is 5.09 Å². The van der Waals surface area contributed by atoms with Gasteiger partial charge in [-0.3, -0.25) is 0 Å². The molecule has 0 aromatic carbocycles. The minimum absolute atomic E-state index is 0.948. The van der Waals surface area contributed by atoms with Gasteiger partial charge in [0.25, 0.3) is 0 Å². The Balaban J connectivity index is 2.19. The van der Waals surface area contributed by atoms with E-state index in [1.165, 1.54) is 6.16 Å². The van der Waals surface area contributed by atoms with Crippen molar-refractivity contribution >= 4 is 8.73 Å². The zero-order valence-electron chi connectivity index (χ0n) is 3.71. The summed E-state index contributed by atoms with van der Waals surface area (Å²) < 4.78 is 0. The van der Waals surface area contributed by atoms with Crippen LogP contribution in [0.4, 0.5) is 0 Å². The standard InChI is InChI=1S/C3H10NP/c1-3-5-4-2/h4-5H,3H2,1-2H3. The Morgan fingerprint density at radius 3 is 2.40 bits per heavy atom. The van der Waals surface area contributed by atoms with Crippen molar-refractivity contribution in [2.75, 3.05) is 13.2 Å². The molecule has 0 radical (unpaired) electrons. The van der Waals surface area contributed by atoms with Crippen LogP contribution in [0.2, 0.25) is 0 Å². The topological polar surface area (TPSA) is 12.0 Å². The van der Waals surface area contributed by atoms with Crippen LogP contribution in [0.1, 0.15) is 6.92 Å². The van der Waals surface area contributed by atoms with Crippen LogP contribution in [0.5, 0.6) is 0 Å². The summed E-state index contributed by atoms with van der Waals surface area (Å²) >= 11 is 0. The summed E-state index contributed by atoms with van der Waals surface area (Å²) in [5.74, 6) is 0. The minimum Gasteiger partial charge on any atom is -0.301 e. The zero-order chi connectivity index (χ0) is 4.12. The molecule has 1 unspecified atom stereocenters. The molecule has 5 heavy (non-hydrogen) atoms. The average molecular weight is 91.1 g/mol. The van der Waals surface area contributed by atoms with Crippen LogP contribution in [0, 0.1) is 0 Å². The summed E-state index contributed by atoms with van der Waals surface area (Å²) in [6, 6.07) is 0. The van der Waals surface area contributed by atoms with Crippen molar-refractivity contribution in [1.29, 1.82) is 0 Å². The Morgan fingerprint density at radius 1 is 1.80 bits per heavy atom. The maximum atomic E-state index is 3.05. The predicted octanol–water partition coefficient (Wildman–Crippen LogP) is 0.819. The van der Waals surface area contributed by atoms with Crippen LogP contribution in [0.3, 0.4) is 0 Å². The van der Waals surface area contributed by atoms with Gasteiger partial charge in [0.2, 0.25) is 0 Å². The highest BCUT2D eigenvalue weighted by atomic mass is 31.1. The van der Waals surface area contributed by atoms with Gasteiger partial charge in [0, 0.05) is 0 Å². The molecule has 0 bridgehead atoms. The van der Waals surface area contributed by atoms with Crippen molar-refractivity contribution in [3.8, 4) is 0 Å². The molecule has 0 saturated heterocycles. The van der Waals surface area contributed by atoms with Gasteiger partial charge in [0.05, 0.1) is 0 Å². The van der Waals surface area contributed by atoms with Crippen LogP contribution in [-0.2, 0) is 0 Å². The van der Waals surface area contributed by atoms with Crippen molar-refractivity contribution in [3.05, 3.63) is 0 Å². The van der Waals surface area contributed by atoms with E-state index in [1.54, 1.807) is 0 Å². The molecular formula is C3H10NP. The monoisotopic (exact) mass is 91.1 g/mol. The van der Waals surface area contributed by atoms with E-state index in [9.17, 15) is 0 Å². The lowest BCUT2D eigenvalue weighted by molar-refractivity contribution is 1.26. The predicted molar refractivity (Wildman–Crippen MR) is 27.9 cm³/mol. The highest BCUT2D eigenvalue weighted by Crippen LogP contribution is 1.95. The third-order valence-electron chi connectivity index (χ3n) is 0.354. The van der Waals surface area contributed by atoms with Gasteiger partial charge in [-0.25, -0.2) is 0 Å². The second-order valence-corrected chi connectivity index (χ2v) is 2.34. The molecule has 0 rings (SSSR count). The molecule has 1 N–H and O–H groups in total. The van der Waals surface area contributed by atoms with Gasteiger partial charge < -0.3 is 5.09 Å². The molecule has 0 amide bonds. The second-order valence-electron chi connectivity index (χ2n) is 0.780. The smallest absolute Gasteiger partial charge is 0.0127 e. The largest absolute Gasteiger partial charge is 0.301 e. The fourth-order valence-corrected chi connectivity index (χ4v) is 0.530. The Hall–Kier alpha value is 0.390. The first-order valence-corrected chi connectivity index (χ1v) is 3.02. The number of nitrogens with one attached hydrogen (secondary N) is 1. The van der Waals surface area contributed by atoms with Crippen LogP contribution in [0.15, 0.2) is 0 Å². The van der Waals surface area contributed by atoms with E-state index in [0.29, 0.717) is 0 Å². The number of rotatable bonds is 2. The Morgan fingerprint density at radius 2 is 2.40 bits per heavy atom. The van der Waals surface area contributed by atoms with Crippen LogP contribution < -0.4 is 5.09 Å². The SMILES string of the molecule is CCPNC. The van der Waals surface area contributed by atoms with Gasteiger partial charge in [0.1, 0.15) is 0 Å². The molecule has 0 aromatic rings. The third-order valence-corrected chi connectivity index (χ3v) is 1.06. The van der Waals surface area contributed by atoms with Crippen LogP contribution in [0.25, 0.3) is 0 Å². The van der Waals surface area contributed by atoms with Crippen molar-refractivity contribution in [3.63, 3.8) is 0 Å². The van der Waals surface area contributed by atoms with Gasteiger partial charge in [-0.15, -0.1) is 0 Å². The molecule has 0 aliphatic carbocycles. The fraction of sp³-hybridized carbons (Fsp3) is 1.00. The second kappa shape index (κ2) is 4.39. The van der Waals surface area contributed by atoms with E-state index in [4.69, 9.17) is 0 Å². The summed E-state index contributed by atoms with van der Waals surface area (Å²) in [5, 5.41) is 3.05. The van der Waals surface area contributed by atoms with E-state index >= 15 is 0 Å². The van der Waals surface area contributed by atoms with E-state index in [0.717, 1.165) is 8.73 Å². The zero-order valence-corrected chi connectivity index (χ0v) is 4.71. The highest BCUT2D eigenvalue weighted by Gasteiger charge is 1.64. The lowest BCUT2D eigenvalue weighted by atomic mass is 11.0. The minimum atomic E-state index is 0.948. The number of hydrogen-bond acceptors (Lipinski definition) is 1. The van der Waals surface area contributed by atoms with E-state index in [1.807, 2.05) is 7.05 Å². The molecule has 0 aliphatic heterocycles. The van der Waals surface area contributed by atoms with Gasteiger partial charge in [0.15, 0.2) is 0 Å². The molecule has 32 valence electrons. The van der Waals surface area contributed by atoms with Crippen molar-refractivity contribution in [2.24, 2.45) is 0 Å². The first kappa shape index (κ1) is 5.39. The molecule has 0 heterocycles. The molecule has 1 atom stereocenters. The van der Waals surface area contributed by atoms with E-state index in [-0.39, 0.29) is 0 Å². The first-order valence-electron chi connectivity index (χ1n) is 1.81. The quantitative estimate of drug-likeness (QED) is 0.496. The Bertz CT molecular complexity index is 14.4. The Kier molecular flexibility index (Phi) is 4.73. The molecule has 2 heteroatoms. The van der Waals surface area contributed by atoms with Gasteiger partial charge in [-0.2, -0.15) is 0 Å².